The molecule has 3 rings (SSSR count). The van der Waals surface area contributed by atoms with Crippen LogP contribution in [0.2, 0.25) is 12.6 Å². The van der Waals surface area contributed by atoms with Gasteiger partial charge in [0, 0.05) is 5.97 Å². The third-order valence-corrected chi connectivity index (χ3v) is 5.33. The Balaban J connectivity index is 2.01. The fourth-order valence-electron chi connectivity index (χ4n) is 2.66. The van der Waals surface area contributed by atoms with E-state index in [0.29, 0.717) is 23.0 Å². The van der Waals surface area contributed by atoms with E-state index in [2.05, 4.69) is 26.9 Å². The van der Waals surface area contributed by atoms with Crippen molar-refractivity contribution in [2.45, 2.75) is 31.3 Å². The lowest BCUT2D eigenvalue weighted by atomic mass is 9.42. The van der Waals surface area contributed by atoms with Crippen LogP contribution in [0.1, 0.15) is 12.5 Å². The highest BCUT2D eigenvalue weighted by molar-refractivity contribution is 9.11. The smallest absolute Gasteiger partial charge is 0.271 e. The topological polar surface area (TPSA) is 58.7 Å². The van der Waals surface area contributed by atoms with E-state index in [0.717, 1.165) is 3.79 Å². The lowest BCUT2D eigenvalue weighted by Gasteiger charge is -2.28. The quantitative estimate of drug-likeness (QED) is 0.740. The van der Waals surface area contributed by atoms with Crippen molar-refractivity contribution in [2.24, 2.45) is 0 Å². The van der Waals surface area contributed by atoms with Gasteiger partial charge in [-0.1, -0.05) is 6.32 Å². The van der Waals surface area contributed by atoms with E-state index in [1.807, 2.05) is 0 Å². The second-order valence-corrected chi connectivity index (χ2v) is 7.38. The van der Waals surface area contributed by atoms with E-state index in [9.17, 15) is 9.18 Å². The molecular weight excluding hydrogens is 344 g/mol. The van der Waals surface area contributed by atoms with E-state index in [1.54, 1.807) is 6.07 Å². The molecule has 0 saturated carbocycles. The summed E-state index contributed by atoms with van der Waals surface area (Å²) >= 11 is 4.64. The average molecular weight is 354 g/mol. The molecule has 0 amide bonds. The summed E-state index contributed by atoms with van der Waals surface area (Å²) in [6, 6.07) is 1.27. The van der Waals surface area contributed by atoms with Gasteiger partial charge in [-0.3, -0.25) is 9.36 Å². The molecule has 8 heteroatoms. The zero-order valence-electron chi connectivity index (χ0n) is 10.4. The monoisotopic (exact) mass is 353 g/mol. The van der Waals surface area contributed by atoms with Crippen LogP contribution >= 0.6 is 27.3 Å². The first-order valence-corrected chi connectivity index (χ1v) is 7.91. The first-order chi connectivity index (χ1) is 9.60. The molecule has 1 aliphatic heterocycles. The van der Waals surface area contributed by atoms with Crippen molar-refractivity contribution >= 4 is 44.2 Å². The van der Waals surface area contributed by atoms with Crippen LogP contribution in [0.15, 0.2) is 21.0 Å². The van der Waals surface area contributed by atoms with Gasteiger partial charge in [0.05, 0.1) is 21.7 Å². The molecule has 1 saturated heterocycles. The third kappa shape index (κ3) is 2.29. The summed E-state index contributed by atoms with van der Waals surface area (Å²) in [4.78, 5) is 16.6. The normalized spacial score (nSPS) is 22.9. The maximum Gasteiger partial charge on any atom is 0.271 e. The Kier molecular flexibility index (Phi) is 3.65. The summed E-state index contributed by atoms with van der Waals surface area (Å²) in [5.74, 6) is 2.11. The Morgan fingerprint density at radius 1 is 1.65 bits per heavy atom. The first kappa shape index (κ1) is 13.8. The molecular formula is C12H10BBrFN3OS. The molecule has 0 spiro atoms. The van der Waals surface area contributed by atoms with Gasteiger partial charge < -0.3 is 0 Å². The van der Waals surface area contributed by atoms with Crippen molar-refractivity contribution in [2.75, 3.05) is 0 Å². The fraction of sp³-hybridized carbons (Fsp3) is 0.417. The van der Waals surface area contributed by atoms with Crippen LogP contribution < -0.4 is 5.56 Å². The molecule has 1 aliphatic rings. The lowest BCUT2D eigenvalue weighted by Crippen LogP contribution is -2.36. The van der Waals surface area contributed by atoms with Crippen LogP contribution in [0.5, 0.6) is 0 Å². The molecule has 0 aromatic carbocycles. The summed E-state index contributed by atoms with van der Waals surface area (Å²) in [5, 5.41) is 8.86. The molecule has 2 unspecified atom stereocenters. The van der Waals surface area contributed by atoms with Gasteiger partial charge in [0.25, 0.3) is 12.3 Å². The van der Waals surface area contributed by atoms with Gasteiger partial charge in [-0.2, -0.15) is 0 Å². The molecule has 0 N–H and O–H groups in total. The van der Waals surface area contributed by atoms with E-state index >= 15 is 0 Å². The Morgan fingerprint density at radius 2 is 2.45 bits per heavy atom. The van der Waals surface area contributed by atoms with Crippen LogP contribution in [-0.4, -0.2) is 22.4 Å². The minimum atomic E-state index is -1.17. The van der Waals surface area contributed by atoms with Crippen molar-refractivity contribution in [3.63, 3.8) is 0 Å². The van der Waals surface area contributed by atoms with Gasteiger partial charge >= 0.3 is 0 Å². The summed E-state index contributed by atoms with van der Waals surface area (Å²) in [6.07, 6.45) is 1.57. The van der Waals surface area contributed by atoms with Gasteiger partial charge in [0.15, 0.2) is 0 Å². The molecule has 2 aromatic rings. The molecule has 1 fully saturated rings. The third-order valence-electron chi connectivity index (χ3n) is 3.71. The summed E-state index contributed by atoms with van der Waals surface area (Å²) in [7, 11) is 0. The van der Waals surface area contributed by atoms with Crippen LogP contribution in [0.25, 0.3) is 10.2 Å². The largest absolute Gasteiger partial charge is 0.292 e. The molecule has 0 radical (unpaired) electrons. The van der Waals surface area contributed by atoms with Crippen LogP contribution in [0.3, 0.4) is 0 Å². The molecule has 4 nitrogen and oxygen atoms in total. The minimum Gasteiger partial charge on any atom is -0.292 e. The molecule has 3 heterocycles. The highest BCUT2D eigenvalue weighted by atomic mass is 79.9. The van der Waals surface area contributed by atoms with E-state index < -0.39 is 12.2 Å². The van der Waals surface area contributed by atoms with Gasteiger partial charge in [-0.15, -0.1) is 11.3 Å². The molecule has 2 atom stereocenters. The Hall–Kier alpha value is -1.20. The predicted molar refractivity (Wildman–Crippen MR) is 81.1 cm³/mol. The molecule has 0 aliphatic carbocycles. The maximum atomic E-state index is 14.2. The van der Waals surface area contributed by atoms with Crippen LogP contribution in [0.4, 0.5) is 4.39 Å². The molecule has 0 bridgehead atoms. The Bertz CT molecular complexity index is 755. The average Bonchev–Trinajstić information content (AvgIpc) is 2.81. The maximum absolute atomic E-state index is 14.2. The van der Waals surface area contributed by atoms with Gasteiger partial charge in [0.2, 0.25) is 0 Å². The van der Waals surface area contributed by atoms with Gasteiger partial charge in [0.1, 0.15) is 10.9 Å². The van der Waals surface area contributed by atoms with Crippen molar-refractivity contribution in [3.05, 3.63) is 26.5 Å². The number of fused-ring (bicyclic) bond motifs is 1. The van der Waals surface area contributed by atoms with Gasteiger partial charge in [-0.05, 0) is 34.7 Å². The number of alkyl halides is 1. The number of hydrogen-bond acceptors (Lipinski definition) is 4. The Labute approximate surface area is 127 Å². The van der Waals surface area contributed by atoms with Crippen LogP contribution in [-0.2, 0) is 0 Å². The summed E-state index contributed by atoms with van der Waals surface area (Å²) < 4.78 is 17.0. The van der Waals surface area contributed by atoms with Crippen molar-refractivity contribution in [3.8, 4) is 5.97 Å². The second kappa shape index (κ2) is 5.30. The standard InChI is InChI=1S/C12H10BBrFN3OS/c14-10-3-8-11(20-10)12(19)18(6-17-8)9-1-2-13(5-16)4-7(9)15/h3,6-7,9H,1-2,4H2. The molecule has 20 heavy (non-hydrogen) atoms. The second-order valence-electron chi connectivity index (χ2n) is 4.94. The molecule has 2 aromatic heterocycles. The Morgan fingerprint density at radius 3 is 3.15 bits per heavy atom. The highest BCUT2D eigenvalue weighted by Gasteiger charge is 2.34. The number of aromatic nitrogens is 2. The number of hydrogen-bond donors (Lipinski definition) is 0. The minimum absolute atomic E-state index is 0.194. The van der Waals surface area contributed by atoms with Crippen molar-refractivity contribution < 1.29 is 4.39 Å². The number of halogens is 2. The van der Waals surface area contributed by atoms with E-state index in [-0.39, 0.29) is 18.6 Å². The number of nitrogens with zero attached hydrogens (tertiary/aromatic N) is 3. The summed E-state index contributed by atoms with van der Waals surface area (Å²) in [6.45, 7) is -0.246. The highest BCUT2D eigenvalue weighted by Crippen LogP contribution is 2.32. The zero-order valence-corrected chi connectivity index (χ0v) is 12.8. The van der Waals surface area contributed by atoms with E-state index in [4.69, 9.17) is 5.26 Å². The first-order valence-electron chi connectivity index (χ1n) is 6.30. The van der Waals surface area contributed by atoms with Crippen LogP contribution in [0, 0.1) is 11.2 Å². The fourth-order valence-corrected chi connectivity index (χ4v) is 4.14. The zero-order chi connectivity index (χ0) is 14.3. The summed E-state index contributed by atoms with van der Waals surface area (Å²) in [5.41, 5.74) is 0.429. The number of thiophene rings is 1. The SMILES string of the molecule is N#CB1CCC(n2cnc3cc(Br)sc3c2=O)C(F)C1. The van der Waals surface area contributed by atoms with Crippen molar-refractivity contribution in [1.29, 1.82) is 5.26 Å². The van der Waals surface area contributed by atoms with Crippen molar-refractivity contribution in [1.82, 2.24) is 9.55 Å². The number of rotatable bonds is 1. The molecule has 102 valence electrons. The van der Waals surface area contributed by atoms with Gasteiger partial charge in [-0.25, -0.2) is 14.6 Å². The lowest BCUT2D eigenvalue weighted by molar-refractivity contribution is 0.229. The van der Waals surface area contributed by atoms with E-state index in [1.165, 1.54) is 22.2 Å². The predicted octanol–water partition coefficient (Wildman–Crippen LogP) is 3.06. The number of nitriles is 1.